The van der Waals surface area contributed by atoms with Crippen molar-refractivity contribution in [2.24, 2.45) is 0 Å². The Kier molecular flexibility index (Phi) is 4.83. The number of nitrogens with one attached hydrogen (secondary N) is 1. The molecule has 6 heteroatoms. The van der Waals surface area contributed by atoms with Crippen LogP contribution in [0.3, 0.4) is 0 Å². The summed E-state index contributed by atoms with van der Waals surface area (Å²) in [6.07, 6.45) is 1.74. The third-order valence-corrected chi connectivity index (χ3v) is 4.06. The van der Waals surface area contributed by atoms with Gasteiger partial charge in [0.15, 0.2) is 0 Å². The zero-order valence-electron chi connectivity index (χ0n) is 12.6. The normalized spacial score (nSPS) is 14.2. The van der Waals surface area contributed by atoms with Crippen molar-refractivity contribution < 1.29 is 19.0 Å². The van der Waals surface area contributed by atoms with E-state index in [4.69, 9.17) is 16.3 Å². The van der Waals surface area contributed by atoms with Crippen LogP contribution >= 0.6 is 11.6 Å². The Morgan fingerprint density at radius 2 is 2.12 bits per heavy atom. The van der Waals surface area contributed by atoms with Gasteiger partial charge in [0.25, 0.3) is 5.91 Å². The summed E-state index contributed by atoms with van der Waals surface area (Å²) in [4.78, 5) is 12.4. The lowest BCUT2D eigenvalue weighted by Crippen LogP contribution is -2.34. The van der Waals surface area contributed by atoms with E-state index in [1.807, 2.05) is 24.3 Å². The van der Waals surface area contributed by atoms with E-state index in [0.717, 1.165) is 5.56 Å². The van der Waals surface area contributed by atoms with Gasteiger partial charge in [0, 0.05) is 5.56 Å². The van der Waals surface area contributed by atoms with E-state index in [1.54, 1.807) is 12.1 Å². The number of aliphatic hydroxyl groups is 1. The zero-order chi connectivity index (χ0) is 17.1. The molecule has 0 aromatic heterocycles. The van der Waals surface area contributed by atoms with Crippen LogP contribution in [0, 0.1) is 5.82 Å². The number of rotatable bonds is 4. The van der Waals surface area contributed by atoms with Gasteiger partial charge in [0.05, 0.1) is 23.2 Å². The Morgan fingerprint density at radius 1 is 1.33 bits per heavy atom. The van der Waals surface area contributed by atoms with E-state index in [1.165, 1.54) is 12.1 Å². The minimum atomic E-state index is -0.734. The van der Waals surface area contributed by atoms with Crippen molar-refractivity contribution in [1.29, 1.82) is 0 Å². The maximum Gasteiger partial charge on any atom is 0.251 e. The molecule has 0 spiro atoms. The lowest BCUT2D eigenvalue weighted by molar-refractivity contribution is -0.118. The molecule has 124 valence electrons. The number of ether oxygens (including phenoxy) is 1. The van der Waals surface area contributed by atoms with Crippen LogP contribution in [0.4, 0.5) is 4.39 Å². The standard InChI is InChI=1S/C18H15ClFNO3/c19-14-6-5-11(8-15(14)20)16(9-22)21-18(23)13-7-12-3-1-2-4-17(12)24-10-13/h1-8,16,22H,9-10H2,(H,21,23). The van der Waals surface area contributed by atoms with E-state index in [-0.39, 0.29) is 24.1 Å². The van der Waals surface area contributed by atoms with Crippen LogP contribution in [0.5, 0.6) is 5.75 Å². The molecule has 1 heterocycles. The summed E-state index contributed by atoms with van der Waals surface area (Å²) >= 11 is 5.65. The monoisotopic (exact) mass is 347 g/mol. The van der Waals surface area contributed by atoms with Crippen molar-refractivity contribution >= 4 is 23.6 Å². The van der Waals surface area contributed by atoms with Crippen LogP contribution in [-0.2, 0) is 4.79 Å². The van der Waals surface area contributed by atoms with Gasteiger partial charge in [-0.05, 0) is 29.8 Å². The minimum absolute atomic E-state index is 0.0123. The van der Waals surface area contributed by atoms with Crippen LogP contribution in [0.15, 0.2) is 48.0 Å². The number of hydrogen-bond acceptors (Lipinski definition) is 3. The summed E-state index contributed by atoms with van der Waals surface area (Å²) in [5.41, 5.74) is 1.68. The van der Waals surface area contributed by atoms with Crippen LogP contribution in [0.2, 0.25) is 5.02 Å². The second-order valence-electron chi connectivity index (χ2n) is 5.38. The molecule has 2 aromatic rings. The first-order valence-electron chi connectivity index (χ1n) is 7.37. The molecule has 1 atom stereocenters. The summed E-state index contributed by atoms with van der Waals surface area (Å²) in [5.74, 6) is -0.262. The lowest BCUT2D eigenvalue weighted by Gasteiger charge is -2.21. The third-order valence-electron chi connectivity index (χ3n) is 3.76. The fraction of sp³-hybridized carbons (Fsp3) is 0.167. The van der Waals surface area contributed by atoms with Gasteiger partial charge in [-0.2, -0.15) is 0 Å². The number of halogens is 2. The first-order chi connectivity index (χ1) is 11.6. The predicted octanol–water partition coefficient (Wildman–Crippen LogP) is 3.10. The molecular formula is C18H15ClFNO3. The van der Waals surface area contributed by atoms with Crippen molar-refractivity contribution in [2.75, 3.05) is 13.2 Å². The topological polar surface area (TPSA) is 58.6 Å². The molecule has 2 N–H and O–H groups in total. The van der Waals surface area contributed by atoms with E-state index in [9.17, 15) is 14.3 Å². The van der Waals surface area contributed by atoms with Gasteiger partial charge in [0.2, 0.25) is 0 Å². The largest absolute Gasteiger partial charge is 0.488 e. The Morgan fingerprint density at radius 3 is 2.88 bits per heavy atom. The summed E-state index contributed by atoms with van der Waals surface area (Å²) in [5, 5.41) is 12.2. The summed E-state index contributed by atoms with van der Waals surface area (Å²) in [7, 11) is 0. The molecule has 2 aromatic carbocycles. The van der Waals surface area contributed by atoms with Gasteiger partial charge in [-0.3, -0.25) is 4.79 Å². The number of carbonyl (C=O) groups excluding carboxylic acids is 1. The average Bonchev–Trinajstić information content (AvgIpc) is 2.61. The highest BCUT2D eigenvalue weighted by molar-refractivity contribution is 6.30. The number of carbonyl (C=O) groups is 1. The Balaban J connectivity index is 1.78. The predicted molar refractivity (Wildman–Crippen MR) is 89.3 cm³/mol. The van der Waals surface area contributed by atoms with E-state index >= 15 is 0 Å². The molecule has 3 rings (SSSR count). The molecule has 4 nitrogen and oxygen atoms in total. The molecule has 0 saturated carbocycles. The second kappa shape index (κ2) is 7.03. The quantitative estimate of drug-likeness (QED) is 0.893. The molecule has 1 amide bonds. The van der Waals surface area contributed by atoms with E-state index in [0.29, 0.717) is 16.9 Å². The number of aliphatic hydroxyl groups excluding tert-OH is 1. The van der Waals surface area contributed by atoms with Crippen molar-refractivity contribution in [3.05, 3.63) is 70.0 Å². The molecule has 24 heavy (non-hydrogen) atoms. The van der Waals surface area contributed by atoms with Crippen LogP contribution in [0.25, 0.3) is 6.08 Å². The minimum Gasteiger partial charge on any atom is -0.488 e. The molecule has 1 unspecified atom stereocenters. The van der Waals surface area contributed by atoms with E-state index in [2.05, 4.69) is 5.32 Å². The van der Waals surface area contributed by atoms with Crippen molar-refractivity contribution in [3.8, 4) is 5.75 Å². The van der Waals surface area contributed by atoms with Crippen molar-refractivity contribution in [3.63, 3.8) is 0 Å². The van der Waals surface area contributed by atoms with Gasteiger partial charge in [-0.1, -0.05) is 35.9 Å². The molecule has 1 aliphatic rings. The average molecular weight is 348 g/mol. The highest BCUT2D eigenvalue weighted by Crippen LogP contribution is 2.26. The molecular weight excluding hydrogens is 333 g/mol. The van der Waals surface area contributed by atoms with Gasteiger partial charge in [-0.25, -0.2) is 4.39 Å². The number of hydrogen-bond donors (Lipinski definition) is 2. The third kappa shape index (κ3) is 3.42. The second-order valence-corrected chi connectivity index (χ2v) is 5.79. The highest BCUT2D eigenvalue weighted by Gasteiger charge is 2.21. The zero-order valence-corrected chi connectivity index (χ0v) is 13.4. The van der Waals surface area contributed by atoms with Gasteiger partial charge < -0.3 is 15.2 Å². The fourth-order valence-corrected chi connectivity index (χ4v) is 2.58. The fourth-order valence-electron chi connectivity index (χ4n) is 2.46. The summed E-state index contributed by atoms with van der Waals surface area (Å²) in [6, 6.07) is 10.8. The van der Waals surface area contributed by atoms with Crippen LogP contribution in [-0.4, -0.2) is 24.2 Å². The van der Waals surface area contributed by atoms with Crippen LogP contribution in [0.1, 0.15) is 17.2 Å². The maximum atomic E-state index is 13.6. The maximum absolute atomic E-state index is 13.6. The van der Waals surface area contributed by atoms with Gasteiger partial charge in [-0.15, -0.1) is 0 Å². The van der Waals surface area contributed by atoms with E-state index < -0.39 is 11.9 Å². The first-order valence-corrected chi connectivity index (χ1v) is 7.75. The number of para-hydroxylation sites is 1. The van der Waals surface area contributed by atoms with Gasteiger partial charge >= 0.3 is 0 Å². The highest BCUT2D eigenvalue weighted by atomic mass is 35.5. The van der Waals surface area contributed by atoms with Crippen LogP contribution < -0.4 is 10.1 Å². The van der Waals surface area contributed by atoms with Crippen molar-refractivity contribution in [2.45, 2.75) is 6.04 Å². The van der Waals surface area contributed by atoms with Crippen molar-refractivity contribution in [1.82, 2.24) is 5.32 Å². The Hall–Kier alpha value is -2.37. The molecule has 0 fully saturated rings. The summed E-state index contributed by atoms with van der Waals surface area (Å²) in [6.45, 7) is -0.229. The molecule has 0 radical (unpaired) electrons. The Labute approximate surface area is 143 Å². The van der Waals surface area contributed by atoms with Gasteiger partial charge in [0.1, 0.15) is 18.2 Å². The first kappa shape index (κ1) is 16.5. The number of fused-ring (bicyclic) bond motifs is 1. The smallest absolute Gasteiger partial charge is 0.251 e. The molecule has 0 aliphatic carbocycles. The number of benzene rings is 2. The summed E-state index contributed by atoms with van der Waals surface area (Å²) < 4.78 is 19.1. The number of amides is 1. The Bertz CT molecular complexity index is 807. The molecule has 0 bridgehead atoms. The molecule has 1 aliphatic heterocycles. The lowest BCUT2D eigenvalue weighted by atomic mass is 10.0. The molecule has 0 saturated heterocycles. The SMILES string of the molecule is O=C(NC(CO)c1ccc(Cl)c(F)c1)C1=Cc2ccccc2OC1.